The Hall–Kier alpha value is -2.40. The van der Waals surface area contributed by atoms with Gasteiger partial charge in [0.05, 0.1) is 33.9 Å². The molecule has 1 aliphatic rings. The fourth-order valence-corrected chi connectivity index (χ4v) is 5.74. The number of ether oxygens (including phenoxy) is 2. The summed E-state index contributed by atoms with van der Waals surface area (Å²) < 4.78 is 40.2. The summed E-state index contributed by atoms with van der Waals surface area (Å²) in [4.78, 5) is 0.740. The van der Waals surface area contributed by atoms with Crippen LogP contribution in [0.4, 0.5) is 4.39 Å². The molecule has 5 nitrogen and oxygen atoms in total. The van der Waals surface area contributed by atoms with Crippen LogP contribution in [-0.2, 0) is 14.4 Å². The average Bonchev–Trinajstić information content (AvgIpc) is 2.63. The van der Waals surface area contributed by atoms with Gasteiger partial charge >= 0.3 is 0 Å². The van der Waals surface area contributed by atoms with Crippen LogP contribution in [0.1, 0.15) is 16.7 Å². The second-order valence-electron chi connectivity index (χ2n) is 7.68. The molecule has 0 spiro atoms. The molecular weight excluding hydrogens is 391 g/mol. The third-order valence-electron chi connectivity index (χ3n) is 5.17. The van der Waals surface area contributed by atoms with Gasteiger partial charge in [-0.25, -0.2) is 12.9 Å². The van der Waals surface area contributed by atoms with Crippen LogP contribution in [0.15, 0.2) is 41.3 Å². The molecule has 7 heteroatoms. The fraction of sp³-hybridized carbons (Fsp3) is 0.364. The molecule has 1 fully saturated rings. The first kappa shape index (κ1) is 21.3. The molecule has 2 aromatic rings. The molecule has 154 valence electrons. The van der Waals surface area contributed by atoms with E-state index in [9.17, 15) is 8.60 Å². The van der Waals surface area contributed by atoms with E-state index in [1.165, 1.54) is 12.1 Å². The molecular formula is C22H25FN2O3S. The summed E-state index contributed by atoms with van der Waals surface area (Å²) in [5.74, 6) is 3.75. The maximum absolute atomic E-state index is 13.8. The lowest BCUT2D eigenvalue weighted by Crippen LogP contribution is -2.62. The highest BCUT2D eigenvalue weighted by molar-refractivity contribution is 7.98. The van der Waals surface area contributed by atoms with Crippen LogP contribution < -0.4 is 4.74 Å². The Labute approximate surface area is 171 Å². The Morgan fingerprint density at radius 3 is 2.55 bits per heavy atom. The zero-order chi connectivity index (χ0) is 21.2. The molecule has 0 amide bonds. The van der Waals surface area contributed by atoms with E-state index in [0.29, 0.717) is 25.4 Å². The predicted molar refractivity (Wildman–Crippen MR) is 112 cm³/mol. The Morgan fingerprint density at radius 1 is 1.24 bits per heavy atom. The van der Waals surface area contributed by atoms with Crippen molar-refractivity contribution in [2.45, 2.75) is 18.7 Å². The lowest BCUT2D eigenvalue weighted by molar-refractivity contribution is -0.0403. The lowest BCUT2D eigenvalue weighted by atomic mass is 9.83. The highest BCUT2D eigenvalue weighted by Gasteiger charge is 2.47. The van der Waals surface area contributed by atoms with Gasteiger partial charge in [0, 0.05) is 31.2 Å². The smallest absolute Gasteiger partial charge is 0.144 e. The monoisotopic (exact) mass is 416 g/mol. The van der Waals surface area contributed by atoms with Crippen molar-refractivity contribution in [3.05, 3.63) is 58.9 Å². The van der Waals surface area contributed by atoms with E-state index >= 15 is 0 Å². The van der Waals surface area contributed by atoms with E-state index in [1.54, 1.807) is 19.2 Å². The number of halogens is 1. The van der Waals surface area contributed by atoms with E-state index in [0.717, 1.165) is 16.0 Å². The molecule has 0 aliphatic carbocycles. The van der Waals surface area contributed by atoms with E-state index in [4.69, 9.17) is 14.7 Å². The number of nitrogens with zero attached hydrogens (tertiary/aromatic N) is 2. The number of methoxy groups -OCH3 is 1. The number of aryl methyl sites for hydroxylation is 2. The average molecular weight is 417 g/mol. The zero-order valence-corrected chi connectivity index (χ0v) is 17.7. The standard InChI is InChI=1S/C22H25FN2O3S/c1-16-5-8-21(17(2)9-16)29(4,26)25-12-22(13-25,14-27-3)15-28-19-7-6-18(11-24)20(23)10-19/h5-10H,4,12-15H2,1-3H3. The van der Waals surface area contributed by atoms with Crippen molar-refractivity contribution in [2.75, 3.05) is 33.4 Å². The van der Waals surface area contributed by atoms with Crippen molar-refractivity contribution < 1.29 is 18.1 Å². The van der Waals surface area contributed by atoms with Crippen LogP contribution in [-0.4, -0.2) is 47.8 Å². The van der Waals surface area contributed by atoms with Gasteiger partial charge < -0.3 is 9.47 Å². The maximum Gasteiger partial charge on any atom is 0.144 e. The van der Waals surface area contributed by atoms with E-state index in [1.807, 2.05) is 36.4 Å². The van der Waals surface area contributed by atoms with Gasteiger partial charge in [-0.15, -0.1) is 0 Å². The minimum Gasteiger partial charge on any atom is -0.493 e. The fourth-order valence-electron chi connectivity index (χ4n) is 3.65. The van der Waals surface area contributed by atoms with Crippen LogP contribution in [0.2, 0.25) is 0 Å². The number of hydrogen-bond acceptors (Lipinski definition) is 4. The van der Waals surface area contributed by atoms with Gasteiger partial charge in [-0.3, -0.25) is 0 Å². The molecule has 1 saturated heterocycles. The summed E-state index contributed by atoms with van der Waals surface area (Å²) in [5, 5.41) is 8.83. The van der Waals surface area contributed by atoms with Gasteiger partial charge in [-0.2, -0.15) is 5.26 Å². The summed E-state index contributed by atoms with van der Waals surface area (Å²) in [5.41, 5.74) is 1.68. The quantitative estimate of drug-likeness (QED) is 0.650. The van der Waals surface area contributed by atoms with Gasteiger partial charge in [0.25, 0.3) is 0 Å². The second-order valence-corrected chi connectivity index (χ2v) is 9.92. The van der Waals surface area contributed by atoms with Crippen molar-refractivity contribution in [1.82, 2.24) is 4.31 Å². The minimum absolute atomic E-state index is 0.0240. The van der Waals surface area contributed by atoms with Gasteiger partial charge in [-0.05, 0) is 43.5 Å². The molecule has 3 rings (SSSR count). The molecule has 0 aromatic heterocycles. The number of benzene rings is 2. The topological polar surface area (TPSA) is 62.6 Å². The highest BCUT2D eigenvalue weighted by atomic mass is 32.2. The van der Waals surface area contributed by atoms with Crippen LogP contribution in [0.25, 0.3) is 0 Å². The van der Waals surface area contributed by atoms with Crippen molar-refractivity contribution in [3.63, 3.8) is 0 Å². The highest BCUT2D eigenvalue weighted by Crippen LogP contribution is 2.37. The molecule has 2 aromatic carbocycles. The first-order valence-electron chi connectivity index (χ1n) is 9.22. The van der Waals surface area contributed by atoms with E-state index < -0.39 is 15.5 Å². The Morgan fingerprint density at radius 2 is 1.97 bits per heavy atom. The molecule has 0 saturated carbocycles. The SMILES string of the molecule is C=S(=O)(c1ccc(C)cc1C)N1CC(COC)(COc2ccc(C#N)c(F)c2)C1. The molecule has 1 aliphatic heterocycles. The summed E-state index contributed by atoms with van der Waals surface area (Å²) in [7, 11) is -1.00. The Balaban J connectivity index is 1.72. The first-order chi connectivity index (χ1) is 13.7. The van der Waals surface area contributed by atoms with Crippen molar-refractivity contribution >= 4 is 15.6 Å². The number of nitriles is 1. The summed E-state index contributed by atoms with van der Waals surface area (Å²) in [6.45, 7) is 5.64. The van der Waals surface area contributed by atoms with Crippen LogP contribution in [0.3, 0.4) is 0 Å². The van der Waals surface area contributed by atoms with Crippen LogP contribution in [0.5, 0.6) is 5.75 Å². The first-order valence-corrected chi connectivity index (χ1v) is 10.9. The van der Waals surface area contributed by atoms with E-state index in [-0.39, 0.29) is 17.6 Å². The third-order valence-corrected chi connectivity index (χ3v) is 7.41. The Kier molecular flexibility index (Phi) is 5.99. The van der Waals surface area contributed by atoms with Crippen molar-refractivity contribution in [3.8, 4) is 11.8 Å². The molecule has 0 bridgehead atoms. The van der Waals surface area contributed by atoms with Gasteiger partial charge in [0.1, 0.15) is 17.6 Å². The summed E-state index contributed by atoms with van der Waals surface area (Å²) in [6, 6.07) is 11.8. The van der Waals surface area contributed by atoms with Gasteiger partial charge in [-0.1, -0.05) is 17.7 Å². The van der Waals surface area contributed by atoms with Gasteiger partial charge in [0.2, 0.25) is 0 Å². The van der Waals surface area contributed by atoms with Crippen LogP contribution >= 0.6 is 0 Å². The van der Waals surface area contributed by atoms with Crippen LogP contribution in [0, 0.1) is 36.4 Å². The van der Waals surface area contributed by atoms with Crippen molar-refractivity contribution in [2.24, 2.45) is 5.41 Å². The molecule has 29 heavy (non-hydrogen) atoms. The molecule has 1 heterocycles. The third kappa shape index (κ3) is 4.30. The number of rotatable bonds is 7. The largest absolute Gasteiger partial charge is 0.493 e. The Bertz CT molecular complexity index is 1050. The summed E-state index contributed by atoms with van der Waals surface area (Å²) in [6.07, 6.45) is 0. The normalized spacial score (nSPS) is 17.8. The molecule has 0 radical (unpaired) electrons. The van der Waals surface area contributed by atoms with Gasteiger partial charge in [0.15, 0.2) is 0 Å². The summed E-state index contributed by atoms with van der Waals surface area (Å²) >= 11 is 0. The lowest BCUT2D eigenvalue weighted by Gasteiger charge is -2.50. The van der Waals surface area contributed by atoms with E-state index in [2.05, 4.69) is 5.87 Å². The maximum atomic E-state index is 13.8. The predicted octanol–water partition coefficient (Wildman–Crippen LogP) is 3.33. The molecule has 1 unspecified atom stereocenters. The molecule has 0 N–H and O–H groups in total. The second kappa shape index (κ2) is 8.15. The zero-order valence-electron chi connectivity index (χ0n) is 16.9. The number of hydrogen-bond donors (Lipinski definition) is 0. The molecule has 1 atom stereocenters. The van der Waals surface area contributed by atoms with Crippen molar-refractivity contribution in [1.29, 1.82) is 5.26 Å². The minimum atomic E-state index is -2.61.